The standard InChI is InChI=1S/C26H29ClN4O2/c1-26(25(33)28-20-11-4-2-3-5-12-20)17-30-22-14-7-6-13-21(22)29-23(30)24(32)31(26)16-18-9-8-10-19(27)15-18/h6-10,13-15,20H,2-5,11-12,16-17H2,1H3,(H,28,33)/t26-/m0/s1. The fraction of sp³-hybridized carbons (Fsp3) is 0.423. The molecule has 2 aliphatic rings. The third kappa shape index (κ3) is 4.12. The lowest BCUT2D eigenvalue weighted by Gasteiger charge is -2.44. The molecule has 2 aromatic carbocycles. The van der Waals surface area contributed by atoms with Crippen LogP contribution in [0.3, 0.4) is 0 Å². The lowest BCUT2D eigenvalue weighted by atomic mass is 9.93. The maximum Gasteiger partial charge on any atom is 0.291 e. The highest BCUT2D eigenvalue weighted by molar-refractivity contribution is 6.30. The predicted octanol–water partition coefficient (Wildman–Crippen LogP) is 4.94. The number of nitrogens with one attached hydrogen (secondary N) is 1. The summed E-state index contributed by atoms with van der Waals surface area (Å²) < 4.78 is 1.90. The van der Waals surface area contributed by atoms with Crippen LogP contribution in [-0.4, -0.2) is 37.8 Å². The Morgan fingerprint density at radius 2 is 1.88 bits per heavy atom. The molecule has 1 N–H and O–H groups in total. The number of carbonyl (C=O) groups is 2. The monoisotopic (exact) mass is 464 g/mol. The second-order valence-corrected chi connectivity index (χ2v) is 9.90. The van der Waals surface area contributed by atoms with Gasteiger partial charge in [0.05, 0.1) is 17.6 Å². The molecular formula is C26H29ClN4O2. The number of fused-ring (bicyclic) bond motifs is 3. The summed E-state index contributed by atoms with van der Waals surface area (Å²) in [5.74, 6) is 0.0297. The second kappa shape index (κ2) is 8.82. The number of para-hydroxylation sites is 2. The first-order chi connectivity index (χ1) is 16.0. The Morgan fingerprint density at radius 1 is 1.12 bits per heavy atom. The van der Waals surface area contributed by atoms with Crippen molar-refractivity contribution < 1.29 is 9.59 Å². The van der Waals surface area contributed by atoms with E-state index >= 15 is 0 Å². The van der Waals surface area contributed by atoms with Crippen LogP contribution in [0.5, 0.6) is 0 Å². The van der Waals surface area contributed by atoms with E-state index in [1.54, 1.807) is 11.0 Å². The van der Waals surface area contributed by atoms with Gasteiger partial charge in [0.1, 0.15) is 5.54 Å². The van der Waals surface area contributed by atoms with Crippen LogP contribution in [0.25, 0.3) is 11.0 Å². The molecule has 3 aromatic rings. The summed E-state index contributed by atoms with van der Waals surface area (Å²) in [4.78, 5) is 33.9. The van der Waals surface area contributed by atoms with Crippen molar-refractivity contribution in [2.24, 2.45) is 0 Å². The predicted molar refractivity (Wildman–Crippen MR) is 129 cm³/mol. The smallest absolute Gasteiger partial charge is 0.291 e. The lowest BCUT2D eigenvalue weighted by Crippen LogP contribution is -2.64. The van der Waals surface area contributed by atoms with Gasteiger partial charge in [-0.1, -0.05) is 61.5 Å². The number of rotatable bonds is 4. The Labute approximate surface area is 198 Å². The van der Waals surface area contributed by atoms with Crippen molar-refractivity contribution in [2.75, 3.05) is 0 Å². The van der Waals surface area contributed by atoms with E-state index in [2.05, 4.69) is 10.3 Å². The molecule has 2 amide bonds. The molecule has 1 fully saturated rings. The third-order valence-corrected chi connectivity index (χ3v) is 7.30. The number of aromatic nitrogens is 2. The van der Waals surface area contributed by atoms with E-state index in [1.165, 1.54) is 12.8 Å². The molecule has 7 heteroatoms. The first-order valence-electron chi connectivity index (χ1n) is 11.8. The minimum absolute atomic E-state index is 0.104. The van der Waals surface area contributed by atoms with E-state index in [0.29, 0.717) is 17.4 Å². The molecule has 33 heavy (non-hydrogen) atoms. The van der Waals surface area contributed by atoms with E-state index in [-0.39, 0.29) is 24.4 Å². The van der Waals surface area contributed by atoms with Crippen LogP contribution in [0.4, 0.5) is 0 Å². The van der Waals surface area contributed by atoms with E-state index in [9.17, 15) is 9.59 Å². The average molecular weight is 465 g/mol. The number of halogens is 1. The van der Waals surface area contributed by atoms with Gasteiger partial charge >= 0.3 is 0 Å². The molecule has 0 unspecified atom stereocenters. The highest BCUT2D eigenvalue weighted by Gasteiger charge is 2.48. The number of amides is 2. The fourth-order valence-corrected chi connectivity index (χ4v) is 5.37. The number of benzene rings is 2. The quantitative estimate of drug-likeness (QED) is 0.556. The van der Waals surface area contributed by atoms with Crippen LogP contribution in [-0.2, 0) is 17.9 Å². The molecule has 1 aromatic heterocycles. The molecule has 172 valence electrons. The Morgan fingerprint density at radius 3 is 2.64 bits per heavy atom. The van der Waals surface area contributed by atoms with Gasteiger partial charge in [-0.15, -0.1) is 0 Å². The molecule has 0 spiro atoms. The van der Waals surface area contributed by atoms with Gasteiger partial charge in [-0.3, -0.25) is 9.59 Å². The van der Waals surface area contributed by atoms with Crippen molar-refractivity contribution in [1.29, 1.82) is 0 Å². The topological polar surface area (TPSA) is 67.2 Å². The van der Waals surface area contributed by atoms with Gasteiger partial charge in [-0.25, -0.2) is 4.98 Å². The van der Waals surface area contributed by atoms with Gasteiger partial charge in [-0.05, 0) is 49.6 Å². The average Bonchev–Trinajstić information content (AvgIpc) is 2.97. The van der Waals surface area contributed by atoms with Crippen molar-refractivity contribution >= 4 is 34.4 Å². The second-order valence-electron chi connectivity index (χ2n) is 9.47. The van der Waals surface area contributed by atoms with Gasteiger partial charge in [0.2, 0.25) is 5.91 Å². The number of nitrogens with zero attached hydrogens (tertiary/aromatic N) is 3. The lowest BCUT2D eigenvalue weighted by molar-refractivity contribution is -0.134. The molecule has 2 heterocycles. The Balaban J connectivity index is 1.54. The third-order valence-electron chi connectivity index (χ3n) is 7.06. The molecule has 1 aliphatic carbocycles. The van der Waals surface area contributed by atoms with Crippen LogP contribution in [0.1, 0.15) is 61.6 Å². The van der Waals surface area contributed by atoms with Gasteiger partial charge < -0.3 is 14.8 Å². The summed E-state index contributed by atoms with van der Waals surface area (Å²) in [6.45, 7) is 2.52. The zero-order chi connectivity index (χ0) is 23.0. The molecule has 0 bridgehead atoms. The summed E-state index contributed by atoms with van der Waals surface area (Å²) in [7, 11) is 0. The van der Waals surface area contributed by atoms with Crippen LogP contribution >= 0.6 is 11.6 Å². The fourth-order valence-electron chi connectivity index (χ4n) is 5.16. The van der Waals surface area contributed by atoms with Crippen molar-refractivity contribution in [1.82, 2.24) is 19.8 Å². The Hall–Kier alpha value is -2.86. The summed E-state index contributed by atoms with van der Waals surface area (Å²) in [6.07, 6.45) is 6.67. The maximum absolute atomic E-state index is 13.8. The highest BCUT2D eigenvalue weighted by Crippen LogP contribution is 2.32. The summed E-state index contributed by atoms with van der Waals surface area (Å²) >= 11 is 6.21. The SMILES string of the molecule is C[C@@]1(C(=O)NC2CCCCCC2)Cn2c(nc3ccccc32)C(=O)N1Cc1cccc(Cl)c1. The van der Waals surface area contributed by atoms with Crippen LogP contribution in [0.15, 0.2) is 48.5 Å². The van der Waals surface area contributed by atoms with Crippen molar-refractivity contribution in [3.8, 4) is 0 Å². The summed E-state index contributed by atoms with van der Waals surface area (Å²) in [5.41, 5.74) is 1.46. The Bertz CT molecular complexity index is 1200. The molecule has 6 nitrogen and oxygen atoms in total. The minimum atomic E-state index is -1.05. The van der Waals surface area contributed by atoms with E-state index in [0.717, 1.165) is 42.3 Å². The van der Waals surface area contributed by atoms with Crippen molar-refractivity contribution in [3.05, 3.63) is 64.9 Å². The van der Waals surface area contributed by atoms with Gasteiger partial charge in [-0.2, -0.15) is 0 Å². The van der Waals surface area contributed by atoms with Crippen molar-refractivity contribution in [2.45, 2.75) is 70.1 Å². The molecule has 1 atom stereocenters. The molecule has 5 rings (SSSR count). The largest absolute Gasteiger partial charge is 0.351 e. The molecule has 1 saturated carbocycles. The van der Waals surface area contributed by atoms with E-state index < -0.39 is 5.54 Å². The molecule has 0 radical (unpaired) electrons. The van der Waals surface area contributed by atoms with Crippen molar-refractivity contribution in [3.63, 3.8) is 0 Å². The zero-order valence-corrected chi connectivity index (χ0v) is 19.6. The number of hydrogen-bond donors (Lipinski definition) is 1. The summed E-state index contributed by atoms with van der Waals surface area (Å²) in [5, 5.41) is 3.90. The molecular weight excluding hydrogens is 436 g/mol. The molecule has 0 saturated heterocycles. The number of hydrogen-bond acceptors (Lipinski definition) is 3. The molecule has 1 aliphatic heterocycles. The summed E-state index contributed by atoms with van der Waals surface area (Å²) in [6, 6.07) is 15.3. The van der Waals surface area contributed by atoms with Crippen LogP contribution < -0.4 is 5.32 Å². The minimum Gasteiger partial charge on any atom is -0.351 e. The van der Waals surface area contributed by atoms with Gasteiger partial charge in [0.15, 0.2) is 5.82 Å². The maximum atomic E-state index is 13.8. The number of carbonyl (C=O) groups excluding carboxylic acids is 2. The normalized spacial score (nSPS) is 21.6. The van der Waals surface area contributed by atoms with Crippen LogP contribution in [0.2, 0.25) is 5.02 Å². The first kappa shape index (κ1) is 22.0. The van der Waals surface area contributed by atoms with Crippen LogP contribution in [0, 0.1) is 0 Å². The number of imidazole rings is 1. The highest BCUT2D eigenvalue weighted by atomic mass is 35.5. The first-order valence-corrected chi connectivity index (χ1v) is 12.2. The Kier molecular flexibility index (Phi) is 5.87. The van der Waals surface area contributed by atoms with Gasteiger partial charge in [0, 0.05) is 17.6 Å². The van der Waals surface area contributed by atoms with E-state index in [1.807, 2.05) is 54.0 Å². The van der Waals surface area contributed by atoms with E-state index in [4.69, 9.17) is 11.6 Å². The van der Waals surface area contributed by atoms with Gasteiger partial charge in [0.25, 0.3) is 5.91 Å². The zero-order valence-electron chi connectivity index (χ0n) is 18.9.